The van der Waals surface area contributed by atoms with Gasteiger partial charge in [-0.1, -0.05) is 11.6 Å². The van der Waals surface area contributed by atoms with Gasteiger partial charge in [-0.15, -0.1) is 0 Å². The van der Waals surface area contributed by atoms with Crippen LogP contribution in [0.4, 0.5) is 4.79 Å². The summed E-state index contributed by atoms with van der Waals surface area (Å²) in [4.78, 5) is 26.9. The van der Waals surface area contributed by atoms with E-state index >= 15 is 0 Å². The van der Waals surface area contributed by atoms with Crippen LogP contribution in [-0.2, 0) is 6.54 Å². The van der Waals surface area contributed by atoms with Crippen LogP contribution in [0.2, 0.25) is 5.02 Å². The van der Waals surface area contributed by atoms with E-state index in [9.17, 15) is 14.7 Å². The molecule has 2 heterocycles. The summed E-state index contributed by atoms with van der Waals surface area (Å²) >= 11 is 6.15. The molecule has 0 radical (unpaired) electrons. The van der Waals surface area contributed by atoms with Crippen LogP contribution in [0.1, 0.15) is 47.3 Å². The van der Waals surface area contributed by atoms with Crippen LogP contribution < -0.4 is 0 Å². The van der Waals surface area contributed by atoms with Gasteiger partial charge >= 0.3 is 6.09 Å². The van der Waals surface area contributed by atoms with Gasteiger partial charge in [-0.05, 0) is 43.0 Å². The van der Waals surface area contributed by atoms with Crippen molar-refractivity contribution in [2.75, 3.05) is 13.1 Å². The quantitative estimate of drug-likeness (QED) is 0.913. The zero-order valence-electron chi connectivity index (χ0n) is 11.8. The molecule has 1 atom stereocenters. The van der Waals surface area contributed by atoms with Gasteiger partial charge in [0.05, 0.1) is 6.04 Å². The van der Waals surface area contributed by atoms with Gasteiger partial charge in [-0.25, -0.2) is 4.79 Å². The molecule has 21 heavy (non-hydrogen) atoms. The smallest absolute Gasteiger partial charge is 0.407 e. The van der Waals surface area contributed by atoms with Gasteiger partial charge in [0.15, 0.2) is 0 Å². The van der Waals surface area contributed by atoms with Gasteiger partial charge in [0.1, 0.15) is 0 Å². The maximum absolute atomic E-state index is 12.3. The molecule has 1 saturated heterocycles. The van der Waals surface area contributed by atoms with Gasteiger partial charge in [0.2, 0.25) is 0 Å². The number of likely N-dealkylation sites (tertiary alicyclic amines) is 1. The number of carboxylic acid groups (broad SMARTS) is 1. The van der Waals surface area contributed by atoms with Crippen molar-refractivity contribution in [3.8, 4) is 0 Å². The van der Waals surface area contributed by atoms with E-state index in [0.29, 0.717) is 30.2 Å². The Morgan fingerprint density at radius 2 is 2.24 bits per heavy atom. The number of hydrogen-bond donors (Lipinski definition) is 1. The van der Waals surface area contributed by atoms with Crippen LogP contribution in [0.15, 0.2) is 12.1 Å². The lowest BCUT2D eigenvalue weighted by Crippen LogP contribution is -2.29. The molecule has 1 fully saturated rings. The summed E-state index contributed by atoms with van der Waals surface area (Å²) in [5.41, 5.74) is 2.45. The van der Waals surface area contributed by atoms with E-state index in [0.717, 1.165) is 24.0 Å². The molecule has 6 heteroatoms. The first-order valence-corrected chi connectivity index (χ1v) is 7.52. The lowest BCUT2D eigenvalue weighted by molar-refractivity contribution is 0.0786. The monoisotopic (exact) mass is 308 g/mol. The van der Waals surface area contributed by atoms with Crippen molar-refractivity contribution in [2.24, 2.45) is 0 Å². The molecule has 0 saturated carbocycles. The third-order valence-electron chi connectivity index (χ3n) is 4.36. The first-order valence-electron chi connectivity index (χ1n) is 7.14. The molecule has 112 valence electrons. The second-order valence-electron chi connectivity index (χ2n) is 5.47. The van der Waals surface area contributed by atoms with E-state index in [2.05, 4.69) is 0 Å². The predicted octanol–water partition coefficient (Wildman–Crippen LogP) is 3.13. The van der Waals surface area contributed by atoms with Crippen molar-refractivity contribution in [2.45, 2.75) is 32.4 Å². The Kier molecular flexibility index (Phi) is 3.53. The lowest BCUT2D eigenvalue weighted by Gasteiger charge is -2.24. The molecular formula is C15H17ClN2O3. The molecule has 0 bridgehead atoms. The number of carbonyl (C=O) groups is 2. The molecule has 1 N–H and O–H groups in total. The molecule has 3 rings (SSSR count). The van der Waals surface area contributed by atoms with Gasteiger partial charge in [0, 0.05) is 30.2 Å². The van der Waals surface area contributed by atoms with Crippen molar-refractivity contribution in [1.29, 1.82) is 0 Å². The molecule has 2 aliphatic heterocycles. The zero-order chi connectivity index (χ0) is 15.1. The Labute approximate surface area is 128 Å². The van der Waals surface area contributed by atoms with Gasteiger partial charge in [0.25, 0.3) is 5.91 Å². The first-order chi connectivity index (χ1) is 10.0. The van der Waals surface area contributed by atoms with Crippen LogP contribution >= 0.6 is 11.6 Å². The number of amides is 2. The van der Waals surface area contributed by atoms with Crippen LogP contribution in [0, 0.1) is 0 Å². The molecule has 2 aliphatic rings. The van der Waals surface area contributed by atoms with Crippen LogP contribution in [0.5, 0.6) is 0 Å². The number of carbonyl (C=O) groups excluding carboxylic acids is 1. The number of benzene rings is 1. The summed E-state index contributed by atoms with van der Waals surface area (Å²) in [6.45, 7) is 3.65. The summed E-state index contributed by atoms with van der Waals surface area (Å²) in [5, 5.41) is 9.82. The Balaban J connectivity index is 2.07. The fourth-order valence-electron chi connectivity index (χ4n) is 3.33. The Morgan fingerprint density at radius 1 is 1.48 bits per heavy atom. The number of nitrogens with zero attached hydrogens (tertiary/aromatic N) is 2. The average Bonchev–Trinajstić information content (AvgIpc) is 3.04. The van der Waals surface area contributed by atoms with Crippen LogP contribution in [0.25, 0.3) is 0 Å². The number of rotatable bonds is 2. The molecule has 0 spiro atoms. The first kappa shape index (κ1) is 14.2. The van der Waals surface area contributed by atoms with Crippen molar-refractivity contribution in [1.82, 2.24) is 9.80 Å². The topological polar surface area (TPSA) is 60.9 Å². The molecule has 0 unspecified atom stereocenters. The molecular weight excluding hydrogens is 292 g/mol. The summed E-state index contributed by atoms with van der Waals surface area (Å²) in [6.07, 6.45) is 0.700. The fourth-order valence-corrected chi connectivity index (χ4v) is 3.56. The maximum atomic E-state index is 12.3. The third-order valence-corrected chi connectivity index (χ3v) is 4.57. The highest BCUT2D eigenvalue weighted by atomic mass is 35.5. The molecule has 1 aromatic carbocycles. The minimum absolute atomic E-state index is 0.0175. The zero-order valence-corrected chi connectivity index (χ0v) is 12.6. The minimum Gasteiger partial charge on any atom is -0.465 e. The van der Waals surface area contributed by atoms with E-state index in [-0.39, 0.29) is 11.9 Å². The van der Waals surface area contributed by atoms with Crippen molar-refractivity contribution >= 4 is 23.6 Å². The maximum Gasteiger partial charge on any atom is 0.407 e. The predicted molar refractivity (Wildman–Crippen MR) is 78.6 cm³/mol. The summed E-state index contributed by atoms with van der Waals surface area (Å²) in [5.74, 6) is -0.0175. The average molecular weight is 309 g/mol. The lowest BCUT2D eigenvalue weighted by atomic mass is 9.96. The number of fused-ring (bicyclic) bond motifs is 1. The standard InChI is InChI=1S/C15H17ClN2O3/c1-2-17-8-12-10(6-9(16)7-11(12)14(17)19)13-4-3-5-18(13)15(20)21/h6-7,13H,2-5,8H2,1H3,(H,20,21)/t13-/m0/s1. The summed E-state index contributed by atoms with van der Waals surface area (Å²) in [7, 11) is 0. The van der Waals surface area contributed by atoms with E-state index in [4.69, 9.17) is 11.6 Å². The second kappa shape index (κ2) is 5.22. The SMILES string of the molecule is CCN1Cc2c(cc(Cl)cc2[C@@H]2CCCN2C(=O)O)C1=O. The Bertz CT molecular complexity index is 617. The fraction of sp³-hybridized carbons (Fsp3) is 0.467. The summed E-state index contributed by atoms with van der Waals surface area (Å²) < 4.78 is 0. The third kappa shape index (κ3) is 2.25. The van der Waals surface area contributed by atoms with Crippen molar-refractivity contribution in [3.63, 3.8) is 0 Å². The van der Waals surface area contributed by atoms with Crippen molar-refractivity contribution in [3.05, 3.63) is 33.8 Å². The number of hydrogen-bond acceptors (Lipinski definition) is 2. The van der Waals surface area contributed by atoms with E-state index in [1.54, 1.807) is 11.0 Å². The van der Waals surface area contributed by atoms with E-state index in [1.807, 2.05) is 13.0 Å². The largest absolute Gasteiger partial charge is 0.465 e. The molecule has 1 aromatic rings. The Morgan fingerprint density at radius 3 is 2.90 bits per heavy atom. The molecule has 0 aliphatic carbocycles. The Hall–Kier alpha value is -1.75. The molecule has 5 nitrogen and oxygen atoms in total. The second-order valence-corrected chi connectivity index (χ2v) is 5.91. The van der Waals surface area contributed by atoms with Crippen LogP contribution in [-0.4, -0.2) is 40.0 Å². The molecule has 2 amide bonds. The van der Waals surface area contributed by atoms with Gasteiger partial charge < -0.3 is 14.9 Å². The number of halogens is 1. The highest BCUT2D eigenvalue weighted by Gasteiger charge is 2.36. The normalized spacial score (nSPS) is 21.0. The van der Waals surface area contributed by atoms with Gasteiger partial charge in [-0.2, -0.15) is 0 Å². The summed E-state index contributed by atoms with van der Waals surface area (Å²) in [6, 6.07) is 3.32. The van der Waals surface area contributed by atoms with Crippen LogP contribution in [0.3, 0.4) is 0 Å². The van der Waals surface area contributed by atoms with Crippen molar-refractivity contribution < 1.29 is 14.7 Å². The van der Waals surface area contributed by atoms with E-state index < -0.39 is 6.09 Å². The highest BCUT2D eigenvalue weighted by Crippen LogP contribution is 2.39. The minimum atomic E-state index is -0.914. The van der Waals surface area contributed by atoms with Gasteiger partial charge in [-0.3, -0.25) is 4.79 Å². The van der Waals surface area contributed by atoms with E-state index in [1.165, 1.54) is 4.90 Å². The highest BCUT2D eigenvalue weighted by molar-refractivity contribution is 6.31. The molecule has 0 aromatic heterocycles.